The number of hydrogen-bond acceptors (Lipinski definition) is 0. The van der Waals surface area contributed by atoms with Gasteiger partial charge >= 0.3 is 0 Å². The van der Waals surface area contributed by atoms with Gasteiger partial charge in [-0.3, -0.25) is 4.39 Å². The summed E-state index contributed by atoms with van der Waals surface area (Å²) in [6.07, 6.45) is 2.24. The first-order chi connectivity index (χ1) is 3.33. The van der Waals surface area contributed by atoms with Gasteiger partial charge in [0.2, 0.25) is 0 Å². The summed E-state index contributed by atoms with van der Waals surface area (Å²) < 4.78 is 11.6. The van der Waals surface area contributed by atoms with Gasteiger partial charge in [-0.05, 0) is 24.7 Å². The van der Waals surface area contributed by atoms with E-state index < -0.39 is 0 Å². The van der Waals surface area contributed by atoms with E-state index >= 15 is 0 Å². The zero-order chi connectivity index (χ0) is 5.28. The van der Waals surface area contributed by atoms with Crippen molar-refractivity contribution in [3.05, 3.63) is 0 Å². The van der Waals surface area contributed by atoms with Crippen molar-refractivity contribution >= 4 is 0 Å². The SMILES string of the molecule is C[C@H]1C[C@@H](CF)C1. The van der Waals surface area contributed by atoms with E-state index in [4.69, 9.17) is 0 Å². The monoisotopic (exact) mass is 102 g/mol. The van der Waals surface area contributed by atoms with Crippen molar-refractivity contribution < 1.29 is 4.39 Å². The Morgan fingerprint density at radius 1 is 1.57 bits per heavy atom. The molecule has 1 heteroatoms. The summed E-state index contributed by atoms with van der Waals surface area (Å²) >= 11 is 0. The fourth-order valence-corrected chi connectivity index (χ4v) is 1.20. The first kappa shape index (κ1) is 5.07. The van der Waals surface area contributed by atoms with Gasteiger partial charge in [0, 0.05) is 0 Å². The highest BCUT2D eigenvalue weighted by Crippen LogP contribution is 2.32. The highest BCUT2D eigenvalue weighted by Gasteiger charge is 2.24. The molecule has 0 aromatic rings. The summed E-state index contributed by atoms with van der Waals surface area (Å²) in [5, 5.41) is 0. The highest BCUT2D eigenvalue weighted by atomic mass is 19.1. The molecule has 7 heavy (non-hydrogen) atoms. The molecule has 0 N–H and O–H groups in total. The fourth-order valence-electron chi connectivity index (χ4n) is 1.20. The van der Waals surface area contributed by atoms with Gasteiger partial charge < -0.3 is 0 Å². The minimum absolute atomic E-state index is 0.0929. The van der Waals surface area contributed by atoms with Crippen LogP contribution in [0.2, 0.25) is 0 Å². The van der Waals surface area contributed by atoms with Crippen molar-refractivity contribution in [2.45, 2.75) is 19.8 Å². The summed E-state index contributed by atoms with van der Waals surface area (Å²) in [6.45, 7) is 2.08. The van der Waals surface area contributed by atoms with Gasteiger partial charge in [0.1, 0.15) is 0 Å². The molecule has 0 heterocycles. The molecule has 0 bridgehead atoms. The summed E-state index contributed by atoms with van der Waals surface area (Å²) in [6, 6.07) is 0. The van der Waals surface area contributed by atoms with Crippen LogP contribution in [0.5, 0.6) is 0 Å². The first-order valence-corrected chi connectivity index (χ1v) is 2.89. The lowest BCUT2D eigenvalue weighted by Crippen LogP contribution is -2.22. The number of alkyl halides is 1. The standard InChI is InChI=1S/C6H11F/c1-5-2-6(3-5)4-7/h5-6H,2-4H2,1H3/t5-,6+. The Morgan fingerprint density at radius 2 is 2.14 bits per heavy atom. The molecule has 42 valence electrons. The summed E-state index contributed by atoms with van der Waals surface area (Å²) in [5.74, 6) is 1.23. The second kappa shape index (κ2) is 1.81. The topological polar surface area (TPSA) is 0 Å². The molecule has 0 aromatic heterocycles. The smallest absolute Gasteiger partial charge is 0.0922 e. The maximum atomic E-state index is 11.6. The third-order valence-corrected chi connectivity index (χ3v) is 1.69. The van der Waals surface area contributed by atoms with Crippen molar-refractivity contribution in [1.29, 1.82) is 0 Å². The Hall–Kier alpha value is -0.0700. The molecule has 0 aromatic carbocycles. The van der Waals surface area contributed by atoms with Gasteiger partial charge in [-0.15, -0.1) is 0 Å². The largest absolute Gasteiger partial charge is 0.251 e. The molecular weight excluding hydrogens is 91.1 g/mol. The molecule has 1 fully saturated rings. The minimum atomic E-state index is -0.0929. The third kappa shape index (κ3) is 0.929. The number of rotatable bonds is 1. The Morgan fingerprint density at radius 3 is 2.29 bits per heavy atom. The van der Waals surface area contributed by atoms with Crippen LogP contribution in [0.3, 0.4) is 0 Å². The zero-order valence-corrected chi connectivity index (χ0v) is 4.65. The average molecular weight is 102 g/mol. The molecule has 1 aliphatic carbocycles. The van der Waals surface area contributed by atoms with E-state index in [2.05, 4.69) is 6.92 Å². The molecule has 0 spiro atoms. The molecule has 1 saturated carbocycles. The molecule has 0 aliphatic heterocycles. The van der Waals surface area contributed by atoms with Crippen molar-refractivity contribution in [2.75, 3.05) is 6.67 Å². The minimum Gasteiger partial charge on any atom is -0.251 e. The molecule has 0 saturated heterocycles. The maximum Gasteiger partial charge on any atom is 0.0922 e. The van der Waals surface area contributed by atoms with Crippen LogP contribution >= 0.6 is 0 Å². The first-order valence-electron chi connectivity index (χ1n) is 2.89. The fraction of sp³-hybridized carbons (Fsp3) is 1.00. The third-order valence-electron chi connectivity index (χ3n) is 1.69. The van der Waals surface area contributed by atoms with Gasteiger partial charge in [-0.1, -0.05) is 6.92 Å². The molecule has 0 radical (unpaired) electrons. The molecule has 0 amide bonds. The van der Waals surface area contributed by atoms with Crippen LogP contribution in [0.1, 0.15) is 19.8 Å². The predicted molar refractivity (Wildman–Crippen MR) is 27.9 cm³/mol. The Labute approximate surface area is 43.7 Å². The van der Waals surface area contributed by atoms with Crippen LogP contribution in [0.15, 0.2) is 0 Å². The van der Waals surface area contributed by atoms with E-state index in [9.17, 15) is 4.39 Å². The number of halogens is 1. The molecule has 0 atom stereocenters. The molecule has 1 aliphatic rings. The second-order valence-corrected chi connectivity index (χ2v) is 2.60. The van der Waals surface area contributed by atoms with E-state index in [1.54, 1.807) is 0 Å². The number of hydrogen-bond donors (Lipinski definition) is 0. The van der Waals surface area contributed by atoms with Crippen molar-refractivity contribution in [2.24, 2.45) is 11.8 Å². The van der Waals surface area contributed by atoms with Crippen molar-refractivity contribution in [1.82, 2.24) is 0 Å². The van der Waals surface area contributed by atoms with Crippen molar-refractivity contribution in [3.8, 4) is 0 Å². The van der Waals surface area contributed by atoms with Crippen LogP contribution in [-0.4, -0.2) is 6.67 Å². The highest BCUT2D eigenvalue weighted by molar-refractivity contribution is 4.74. The quantitative estimate of drug-likeness (QED) is 0.475. The van der Waals surface area contributed by atoms with Gasteiger partial charge in [0.15, 0.2) is 0 Å². The van der Waals surface area contributed by atoms with E-state index in [1.807, 2.05) is 0 Å². The average Bonchev–Trinajstić information content (AvgIpc) is 1.58. The second-order valence-electron chi connectivity index (χ2n) is 2.60. The van der Waals surface area contributed by atoms with Crippen molar-refractivity contribution in [3.63, 3.8) is 0 Å². The van der Waals surface area contributed by atoms with Crippen LogP contribution in [0, 0.1) is 11.8 Å². The van der Waals surface area contributed by atoms with Crippen LogP contribution < -0.4 is 0 Å². The van der Waals surface area contributed by atoms with Crippen LogP contribution in [0.4, 0.5) is 4.39 Å². The normalized spacial score (nSPS) is 40.3. The molecule has 1 rings (SSSR count). The van der Waals surface area contributed by atoms with Gasteiger partial charge in [-0.2, -0.15) is 0 Å². The van der Waals surface area contributed by atoms with Gasteiger partial charge in [0.25, 0.3) is 0 Å². The zero-order valence-electron chi connectivity index (χ0n) is 4.65. The van der Waals surface area contributed by atoms with Gasteiger partial charge in [0.05, 0.1) is 6.67 Å². The van der Waals surface area contributed by atoms with Gasteiger partial charge in [-0.25, -0.2) is 0 Å². The summed E-state index contributed by atoms with van der Waals surface area (Å²) in [4.78, 5) is 0. The van der Waals surface area contributed by atoms with E-state index in [0.29, 0.717) is 5.92 Å². The lowest BCUT2D eigenvalue weighted by Gasteiger charge is -2.29. The molecular formula is C6H11F. The lowest BCUT2D eigenvalue weighted by atomic mass is 9.77. The summed E-state index contributed by atoms with van der Waals surface area (Å²) in [5.41, 5.74) is 0. The van der Waals surface area contributed by atoms with E-state index in [-0.39, 0.29) is 6.67 Å². The van der Waals surface area contributed by atoms with E-state index in [1.165, 1.54) is 0 Å². The summed E-state index contributed by atoms with van der Waals surface area (Å²) in [7, 11) is 0. The Kier molecular flexibility index (Phi) is 1.31. The van der Waals surface area contributed by atoms with Crippen LogP contribution in [0.25, 0.3) is 0 Å². The predicted octanol–water partition coefficient (Wildman–Crippen LogP) is 2.00. The van der Waals surface area contributed by atoms with E-state index in [0.717, 1.165) is 18.8 Å². The molecule has 0 nitrogen and oxygen atoms in total. The lowest BCUT2D eigenvalue weighted by molar-refractivity contribution is 0.170. The van der Waals surface area contributed by atoms with Crippen LogP contribution in [-0.2, 0) is 0 Å². The Balaban J connectivity index is 2.06. The Bertz CT molecular complexity index is 55.2. The molecule has 0 unspecified atom stereocenters. The maximum absolute atomic E-state index is 11.6.